The van der Waals surface area contributed by atoms with Gasteiger partial charge in [0.25, 0.3) is 0 Å². The van der Waals surface area contributed by atoms with Crippen LogP contribution in [0.5, 0.6) is 5.75 Å². The Morgan fingerprint density at radius 2 is 2.11 bits per heavy atom. The van der Waals surface area contributed by atoms with E-state index in [1.807, 2.05) is 7.05 Å². The molecule has 0 aliphatic carbocycles. The highest BCUT2D eigenvalue weighted by Gasteiger charge is 2.20. The molecule has 1 aliphatic heterocycles. The topological polar surface area (TPSA) is 58.1 Å². The van der Waals surface area contributed by atoms with Crippen LogP contribution < -0.4 is 15.4 Å². The molecule has 1 aliphatic rings. The molecule has 7 heteroatoms. The van der Waals surface area contributed by atoms with E-state index >= 15 is 0 Å². The van der Waals surface area contributed by atoms with Crippen molar-refractivity contribution in [3.05, 3.63) is 29.3 Å². The van der Waals surface area contributed by atoms with Gasteiger partial charge in [0.1, 0.15) is 5.75 Å². The molecule has 0 radical (unpaired) electrons. The van der Waals surface area contributed by atoms with Crippen LogP contribution in [-0.2, 0) is 11.3 Å². The van der Waals surface area contributed by atoms with Crippen molar-refractivity contribution in [2.45, 2.75) is 38.8 Å². The summed E-state index contributed by atoms with van der Waals surface area (Å²) in [5, 5.41) is 6.84. The molecule has 2 N–H and O–H groups in total. The molecule has 0 bridgehead atoms. The van der Waals surface area contributed by atoms with E-state index in [2.05, 4.69) is 52.7 Å². The summed E-state index contributed by atoms with van der Waals surface area (Å²) in [6.45, 7) is 6.24. The average molecular weight is 490 g/mol. The number of hydrogen-bond donors (Lipinski definition) is 2. The third-order valence-corrected chi connectivity index (χ3v) is 4.82. The predicted molar refractivity (Wildman–Crippen MR) is 122 cm³/mol. The van der Waals surface area contributed by atoms with E-state index in [-0.39, 0.29) is 24.0 Å². The van der Waals surface area contributed by atoms with Crippen LogP contribution in [0.25, 0.3) is 0 Å². The van der Waals surface area contributed by atoms with Gasteiger partial charge < -0.3 is 25.0 Å². The lowest BCUT2D eigenvalue weighted by Crippen LogP contribution is -2.43. The monoisotopic (exact) mass is 490 g/mol. The fourth-order valence-corrected chi connectivity index (χ4v) is 3.18. The average Bonchev–Trinajstić information content (AvgIpc) is 3.05. The van der Waals surface area contributed by atoms with Crippen LogP contribution in [0.2, 0.25) is 0 Å². The number of halogens is 1. The van der Waals surface area contributed by atoms with Gasteiger partial charge >= 0.3 is 0 Å². The summed E-state index contributed by atoms with van der Waals surface area (Å²) in [4.78, 5) is 6.75. The Kier molecular flexibility index (Phi) is 11.7. The number of guanidine groups is 1. The van der Waals surface area contributed by atoms with Crippen molar-refractivity contribution in [3.63, 3.8) is 0 Å². The fourth-order valence-electron chi connectivity index (χ4n) is 3.18. The summed E-state index contributed by atoms with van der Waals surface area (Å²) in [5.41, 5.74) is 2.33. The van der Waals surface area contributed by atoms with Crippen molar-refractivity contribution in [2.75, 3.05) is 47.5 Å². The van der Waals surface area contributed by atoms with Crippen molar-refractivity contribution in [1.29, 1.82) is 0 Å². The Labute approximate surface area is 181 Å². The lowest BCUT2D eigenvalue weighted by molar-refractivity contribution is 0.171. The van der Waals surface area contributed by atoms with Crippen LogP contribution in [0.3, 0.4) is 0 Å². The molecule has 1 saturated heterocycles. The van der Waals surface area contributed by atoms with E-state index in [0.29, 0.717) is 25.8 Å². The van der Waals surface area contributed by atoms with Gasteiger partial charge in [0.15, 0.2) is 5.96 Å². The molecule has 1 aromatic rings. The van der Waals surface area contributed by atoms with Gasteiger partial charge in [-0.3, -0.25) is 4.99 Å². The van der Waals surface area contributed by atoms with Crippen LogP contribution >= 0.6 is 24.0 Å². The molecule has 1 aromatic carbocycles. The first-order chi connectivity index (χ1) is 12.6. The van der Waals surface area contributed by atoms with Gasteiger partial charge in [-0.25, -0.2) is 0 Å². The van der Waals surface area contributed by atoms with Gasteiger partial charge in [-0.15, -0.1) is 24.0 Å². The Morgan fingerprint density at radius 1 is 1.30 bits per heavy atom. The summed E-state index contributed by atoms with van der Waals surface area (Å²) in [6, 6.07) is 6.91. The number of hydrogen-bond acceptors (Lipinski definition) is 4. The van der Waals surface area contributed by atoms with Crippen LogP contribution in [-0.4, -0.2) is 64.4 Å². The lowest BCUT2D eigenvalue weighted by atomic mass is 10.1. The lowest BCUT2D eigenvalue weighted by Gasteiger charge is -2.21. The highest BCUT2D eigenvalue weighted by Crippen LogP contribution is 2.20. The van der Waals surface area contributed by atoms with E-state index < -0.39 is 0 Å². The van der Waals surface area contributed by atoms with Gasteiger partial charge in [-0.2, -0.15) is 0 Å². The zero-order valence-corrected chi connectivity index (χ0v) is 19.4. The van der Waals surface area contributed by atoms with Crippen molar-refractivity contribution < 1.29 is 9.47 Å². The number of likely N-dealkylation sites (N-methyl/N-ethyl adjacent to an activating group) is 1. The minimum atomic E-state index is 0. The first-order valence-electron chi connectivity index (χ1n) is 9.50. The molecule has 1 fully saturated rings. The molecule has 2 rings (SSSR count). The Hall–Kier alpha value is -1.06. The van der Waals surface area contributed by atoms with Crippen molar-refractivity contribution in [1.82, 2.24) is 15.5 Å². The number of aryl methyl sites for hydroxylation is 1. The number of likely N-dealkylation sites (tertiary alicyclic amines) is 1. The molecule has 1 atom stereocenters. The predicted octanol–water partition coefficient (Wildman–Crippen LogP) is 2.79. The van der Waals surface area contributed by atoms with Crippen molar-refractivity contribution in [3.8, 4) is 5.75 Å². The fraction of sp³-hybridized carbons (Fsp3) is 0.650. The number of rotatable bonds is 9. The van der Waals surface area contributed by atoms with Crippen LogP contribution in [0, 0.1) is 6.92 Å². The van der Waals surface area contributed by atoms with Gasteiger partial charge in [-0.1, -0.05) is 12.1 Å². The van der Waals surface area contributed by atoms with E-state index in [0.717, 1.165) is 30.2 Å². The third kappa shape index (κ3) is 8.23. The second-order valence-corrected chi connectivity index (χ2v) is 6.89. The highest BCUT2D eigenvalue weighted by atomic mass is 127. The van der Waals surface area contributed by atoms with Crippen molar-refractivity contribution in [2.24, 2.45) is 4.99 Å². The maximum Gasteiger partial charge on any atom is 0.191 e. The minimum Gasteiger partial charge on any atom is -0.493 e. The quantitative estimate of drug-likeness (QED) is 0.241. The number of methoxy groups -OCH3 is 1. The minimum absolute atomic E-state index is 0. The zero-order valence-electron chi connectivity index (χ0n) is 17.1. The summed E-state index contributed by atoms with van der Waals surface area (Å²) in [5.74, 6) is 1.76. The molecule has 0 aromatic heterocycles. The van der Waals surface area contributed by atoms with Gasteiger partial charge in [-0.05, 0) is 45.0 Å². The normalized spacial score (nSPS) is 17.5. The summed E-state index contributed by atoms with van der Waals surface area (Å²) < 4.78 is 11.0. The molecule has 0 amide bonds. The first-order valence-corrected chi connectivity index (χ1v) is 9.50. The molecule has 27 heavy (non-hydrogen) atoms. The highest BCUT2D eigenvalue weighted by molar-refractivity contribution is 14.0. The molecular weight excluding hydrogens is 455 g/mol. The maximum absolute atomic E-state index is 5.95. The molecule has 0 spiro atoms. The van der Waals surface area contributed by atoms with E-state index in [1.54, 1.807) is 7.11 Å². The van der Waals surface area contributed by atoms with E-state index in [9.17, 15) is 0 Å². The molecule has 6 nitrogen and oxygen atoms in total. The smallest absolute Gasteiger partial charge is 0.191 e. The largest absolute Gasteiger partial charge is 0.493 e. The molecule has 1 heterocycles. The van der Waals surface area contributed by atoms with Crippen LogP contribution in [0.15, 0.2) is 23.2 Å². The maximum atomic E-state index is 5.95. The van der Waals surface area contributed by atoms with E-state index in [1.165, 1.54) is 24.9 Å². The Bertz CT molecular complexity index is 583. The number of ether oxygens (including phenoxy) is 2. The molecular formula is C20H35IN4O2. The SMILES string of the molecule is CN=C(NCc1ccc(C)cc1OCCCOC)NCC1CCCN1C.I. The Morgan fingerprint density at radius 3 is 2.78 bits per heavy atom. The van der Waals surface area contributed by atoms with Crippen LogP contribution in [0.1, 0.15) is 30.4 Å². The number of benzene rings is 1. The second kappa shape index (κ2) is 13.2. The summed E-state index contributed by atoms with van der Waals surface area (Å²) in [7, 11) is 5.71. The standard InChI is InChI=1S/C20H34N4O2.HI/c1-16-8-9-17(19(13-16)26-12-6-11-25-4)14-22-20(21-2)23-15-18-7-5-10-24(18)3;/h8-9,13,18H,5-7,10-12,14-15H2,1-4H3,(H2,21,22,23);1H. The van der Waals surface area contributed by atoms with E-state index in [4.69, 9.17) is 9.47 Å². The third-order valence-electron chi connectivity index (χ3n) is 4.82. The van der Waals surface area contributed by atoms with Gasteiger partial charge in [0, 0.05) is 51.9 Å². The van der Waals surface area contributed by atoms with Gasteiger partial charge in [0.2, 0.25) is 0 Å². The van der Waals surface area contributed by atoms with Gasteiger partial charge in [0.05, 0.1) is 6.61 Å². The van der Waals surface area contributed by atoms with Crippen molar-refractivity contribution >= 4 is 29.9 Å². The molecule has 1 unspecified atom stereocenters. The zero-order chi connectivity index (χ0) is 18.8. The van der Waals surface area contributed by atoms with Crippen LogP contribution in [0.4, 0.5) is 0 Å². The first kappa shape index (κ1) is 24.0. The summed E-state index contributed by atoms with van der Waals surface area (Å²) in [6.07, 6.45) is 3.41. The Balaban J connectivity index is 0.00000364. The second-order valence-electron chi connectivity index (χ2n) is 6.89. The number of nitrogens with one attached hydrogen (secondary N) is 2. The molecule has 154 valence electrons. The summed E-state index contributed by atoms with van der Waals surface area (Å²) >= 11 is 0. The number of nitrogens with zero attached hydrogens (tertiary/aromatic N) is 2. The molecule has 0 saturated carbocycles. The number of aliphatic imine (C=N–C) groups is 1.